The molecule has 9 heteroatoms. The van der Waals surface area contributed by atoms with Gasteiger partial charge in [-0.05, 0) is 25.2 Å². The summed E-state index contributed by atoms with van der Waals surface area (Å²) < 4.78 is 0. The molecule has 4 N–H and O–H groups in total. The molecular weight excluding hydrogens is 471 g/mol. The quantitative estimate of drug-likeness (QED) is 0.126. The van der Waals surface area contributed by atoms with Gasteiger partial charge in [0.1, 0.15) is 0 Å². The molecule has 0 fully saturated rings. The predicted octanol–water partition coefficient (Wildman–Crippen LogP) is 1.23. The summed E-state index contributed by atoms with van der Waals surface area (Å²) in [5, 5.41) is 21.9. The van der Waals surface area contributed by atoms with Gasteiger partial charge in [-0.3, -0.25) is 0 Å². The third kappa shape index (κ3) is 25.1. The summed E-state index contributed by atoms with van der Waals surface area (Å²) in [7, 11) is 0. The summed E-state index contributed by atoms with van der Waals surface area (Å²) in [5.74, 6) is -1.50. The van der Waals surface area contributed by atoms with Crippen LogP contribution in [0.4, 0.5) is 9.59 Å². The molecule has 0 aliphatic rings. The number of hydrogen-bond acceptors (Lipinski definition) is 4. The van der Waals surface area contributed by atoms with E-state index in [1.54, 1.807) is 13.8 Å². The standard InChI is InChI=1S/C26H52N4O4.K/c1-4-5-6-7-8-9-10-11-13-16-19-27-25(33)28-20-17-14-12-15-18-21-29-26(34)30-23(22(2)3)24(31)32;/h22-23H,4-21H2,1-3H3,(H,31,32)(H2,27,28,33)(H2,29,30,34);/q;+1/p-1/t23-;/m0./s1. The van der Waals surface area contributed by atoms with Gasteiger partial charge in [0.15, 0.2) is 0 Å². The normalized spacial score (nSPS) is 11.4. The number of carbonyl (C=O) groups excluding carboxylic acids is 3. The van der Waals surface area contributed by atoms with E-state index in [2.05, 4.69) is 28.2 Å². The zero-order chi connectivity index (χ0) is 25.4. The second-order valence-electron chi connectivity index (χ2n) is 9.57. The van der Waals surface area contributed by atoms with Gasteiger partial charge in [0.05, 0.1) is 12.0 Å². The predicted molar refractivity (Wildman–Crippen MR) is 136 cm³/mol. The Morgan fingerprint density at radius 1 is 0.600 bits per heavy atom. The molecule has 0 bridgehead atoms. The summed E-state index contributed by atoms with van der Waals surface area (Å²) in [6, 6.07) is -1.54. The Balaban J connectivity index is 0. The molecule has 0 aliphatic carbocycles. The van der Waals surface area contributed by atoms with Crippen LogP contribution in [0.2, 0.25) is 0 Å². The molecular formula is C26H51KN4O4. The van der Waals surface area contributed by atoms with Crippen LogP contribution >= 0.6 is 0 Å². The molecule has 200 valence electrons. The van der Waals surface area contributed by atoms with Gasteiger partial charge < -0.3 is 31.2 Å². The first-order valence-corrected chi connectivity index (χ1v) is 13.6. The van der Waals surface area contributed by atoms with E-state index in [0.29, 0.717) is 13.1 Å². The van der Waals surface area contributed by atoms with Crippen molar-refractivity contribution in [3.63, 3.8) is 0 Å². The second kappa shape index (κ2) is 26.7. The van der Waals surface area contributed by atoms with Crippen molar-refractivity contribution in [2.45, 2.75) is 123 Å². The average molecular weight is 523 g/mol. The van der Waals surface area contributed by atoms with Crippen LogP contribution in [0.3, 0.4) is 0 Å². The molecule has 1 atom stereocenters. The molecule has 0 aliphatic heterocycles. The molecule has 0 heterocycles. The topological polar surface area (TPSA) is 122 Å². The van der Waals surface area contributed by atoms with Crippen LogP contribution in [0.15, 0.2) is 0 Å². The Morgan fingerprint density at radius 2 is 0.943 bits per heavy atom. The molecule has 0 radical (unpaired) electrons. The van der Waals surface area contributed by atoms with Crippen molar-refractivity contribution in [2.75, 3.05) is 19.6 Å². The molecule has 0 unspecified atom stereocenters. The number of carboxylic acids is 1. The monoisotopic (exact) mass is 522 g/mol. The van der Waals surface area contributed by atoms with Gasteiger partial charge in [0, 0.05) is 19.6 Å². The van der Waals surface area contributed by atoms with Gasteiger partial charge in [-0.1, -0.05) is 97.8 Å². The van der Waals surface area contributed by atoms with Crippen LogP contribution in [0, 0.1) is 5.92 Å². The number of rotatable bonds is 22. The van der Waals surface area contributed by atoms with Crippen LogP contribution in [-0.4, -0.2) is 43.7 Å². The van der Waals surface area contributed by atoms with Gasteiger partial charge in [0.25, 0.3) is 0 Å². The third-order valence-corrected chi connectivity index (χ3v) is 5.95. The molecule has 4 amide bonds. The average Bonchev–Trinajstić information content (AvgIpc) is 2.79. The molecule has 0 aromatic heterocycles. The Hall–Kier alpha value is -0.354. The Morgan fingerprint density at radius 3 is 1.29 bits per heavy atom. The van der Waals surface area contributed by atoms with Gasteiger partial charge >= 0.3 is 63.4 Å². The fourth-order valence-corrected chi connectivity index (χ4v) is 3.75. The van der Waals surface area contributed by atoms with Crippen LogP contribution in [0.5, 0.6) is 0 Å². The van der Waals surface area contributed by atoms with E-state index in [9.17, 15) is 19.5 Å². The largest absolute Gasteiger partial charge is 1.00 e. The van der Waals surface area contributed by atoms with E-state index >= 15 is 0 Å². The van der Waals surface area contributed by atoms with Crippen molar-refractivity contribution in [3.05, 3.63) is 0 Å². The van der Waals surface area contributed by atoms with E-state index in [4.69, 9.17) is 0 Å². The summed E-state index contributed by atoms with van der Waals surface area (Å²) in [5.41, 5.74) is 0. The Labute approximate surface area is 256 Å². The minimum Gasteiger partial charge on any atom is -0.548 e. The van der Waals surface area contributed by atoms with Crippen molar-refractivity contribution >= 4 is 18.0 Å². The molecule has 0 saturated carbocycles. The minimum atomic E-state index is -1.27. The number of amides is 4. The van der Waals surface area contributed by atoms with Gasteiger partial charge in [-0.25, -0.2) is 9.59 Å². The van der Waals surface area contributed by atoms with Crippen LogP contribution in [-0.2, 0) is 4.79 Å². The minimum absolute atomic E-state index is 0. The molecule has 0 rings (SSSR count). The van der Waals surface area contributed by atoms with Crippen molar-refractivity contribution in [1.82, 2.24) is 21.3 Å². The maximum absolute atomic E-state index is 11.8. The first kappa shape index (κ1) is 36.8. The zero-order valence-electron chi connectivity index (χ0n) is 23.0. The summed E-state index contributed by atoms with van der Waals surface area (Å²) in [6.45, 7) is 7.60. The molecule has 0 aromatic carbocycles. The molecule has 8 nitrogen and oxygen atoms in total. The number of aliphatic carboxylic acids is 1. The SMILES string of the molecule is CCCCCCCCCCCCNC(=O)NCCCCCCCNC(=O)N[C@H](C(=O)[O-])C(C)C.[K+]. The number of unbranched alkanes of at least 4 members (excludes halogenated alkanes) is 13. The Kier molecular flexibility index (Phi) is 28.1. The number of carboxylic acid groups (broad SMARTS) is 1. The zero-order valence-corrected chi connectivity index (χ0v) is 26.1. The first-order chi connectivity index (χ1) is 16.4. The number of urea groups is 2. The van der Waals surface area contributed by atoms with Gasteiger partial charge in [0.2, 0.25) is 0 Å². The van der Waals surface area contributed by atoms with E-state index in [-0.39, 0.29) is 63.3 Å². The van der Waals surface area contributed by atoms with Crippen LogP contribution in [0.1, 0.15) is 117 Å². The molecule has 0 aromatic rings. The van der Waals surface area contributed by atoms with Crippen LogP contribution < -0.4 is 77.8 Å². The van der Waals surface area contributed by atoms with E-state index < -0.39 is 18.0 Å². The van der Waals surface area contributed by atoms with E-state index in [1.807, 2.05) is 0 Å². The fourth-order valence-electron chi connectivity index (χ4n) is 3.75. The maximum atomic E-state index is 11.8. The third-order valence-electron chi connectivity index (χ3n) is 5.95. The number of carbonyl (C=O) groups is 3. The van der Waals surface area contributed by atoms with Crippen molar-refractivity contribution < 1.29 is 70.9 Å². The summed E-state index contributed by atoms with van der Waals surface area (Å²) in [4.78, 5) is 34.5. The van der Waals surface area contributed by atoms with Crippen molar-refractivity contribution in [1.29, 1.82) is 0 Å². The van der Waals surface area contributed by atoms with Gasteiger partial charge in [-0.2, -0.15) is 0 Å². The molecule has 0 spiro atoms. The Bertz CT molecular complexity index is 535. The number of nitrogens with one attached hydrogen (secondary N) is 4. The smallest absolute Gasteiger partial charge is 0.548 e. The van der Waals surface area contributed by atoms with E-state index in [0.717, 1.165) is 45.1 Å². The fraction of sp³-hybridized carbons (Fsp3) is 0.885. The van der Waals surface area contributed by atoms with Crippen molar-refractivity contribution in [3.8, 4) is 0 Å². The molecule has 0 saturated heterocycles. The van der Waals surface area contributed by atoms with Crippen molar-refractivity contribution in [2.24, 2.45) is 5.92 Å². The molecule has 35 heavy (non-hydrogen) atoms. The summed E-state index contributed by atoms with van der Waals surface area (Å²) >= 11 is 0. The first-order valence-electron chi connectivity index (χ1n) is 13.6. The number of hydrogen-bond donors (Lipinski definition) is 4. The second-order valence-corrected chi connectivity index (χ2v) is 9.57. The van der Waals surface area contributed by atoms with E-state index in [1.165, 1.54) is 57.8 Å². The van der Waals surface area contributed by atoms with Crippen LogP contribution in [0.25, 0.3) is 0 Å². The summed E-state index contributed by atoms with van der Waals surface area (Å²) in [6.07, 6.45) is 17.7. The maximum Gasteiger partial charge on any atom is 1.00 e. The van der Waals surface area contributed by atoms with Gasteiger partial charge in [-0.15, -0.1) is 0 Å².